The molecule has 1 unspecified atom stereocenters. The summed E-state index contributed by atoms with van der Waals surface area (Å²) in [6.45, 7) is 4.16. The van der Waals surface area contributed by atoms with Crippen LogP contribution in [0.4, 0.5) is 0 Å². The molecular weight excluding hydrogens is 216 g/mol. The van der Waals surface area contributed by atoms with Gasteiger partial charge in [0.05, 0.1) is 0 Å². The Hall–Kier alpha value is -0.900. The second-order valence-electron chi connectivity index (χ2n) is 4.09. The van der Waals surface area contributed by atoms with E-state index in [1.54, 1.807) is 0 Å². The van der Waals surface area contributed by atoms with Crippen molar-refractivity contribution in [3.05, 3.63) is 35.2 Å². The maximum atomic E-state index is 3.51. The van der Waals surface area contributed by atoms with Crippen molar-refractivity contribution in [1.82, 2.24) is 10.6 Å². The summed E-state index contributed by atoms with van der Waals surface area (Å²) in [6, 6.07) is 11.3. The molecule has 1 aromatic heterocycles. The van der Waals surface area contributed by atoms with Crippen LogP contribution >= 0.6 is 11.3 Å². The number of hydrogen-bond donors (Lipinski definition) is 2. The SMILES string of the molecule is CNCC(C)NCc1cc2ccccc2s1. The van der Waals surface area contributed by atoms with Crippen LogP contribution < -0.4 is 10.6 Å². The minimum atomic E-state index is 0.509. The lowest BCUT2D eigenvalue weighted by Gasteiger charge is -2.11. The Bertz CT molecular complexity index is 417. The van der Waals surface area contributed by atoms with E-state index in [0.29, 0.717) is 6.04 Å². The molecule has 0 radical (unpaired) electrons. The lowest BCUT2D eigenvalue weighted by Crippen LogP contribution is -2.34. The zero-order chi connectivity index (χ0) is 11.4. The first-order chi connectivity index (χ1) is 7.79. The molecule has 0 aliphatic heterocycles. The standard InChI is InChI=1S/C13H18N2S/c1-10(8-14-2)15-9-12-7-11-5-3-4-6-13(11)16-12/h3-7,10,14-15H,8-9H2,1-2H3. The highest BCUT2D eigenvalue weighted by atomic mass is 32.1. The maximum Gasteiger partial charge on any atom is 0.0346 e. The van der Waals surface area contributed by atoms with Crippen molar-refractivity contribution in [1.29, 1.82) is 0 Å². The monoisotopic (exact) mass is 234 g/mol. The zero-order valence-electron chi connectivity index (χ0n) is 9.79. The molecule has 2 nitrogen and oxygen atoms in total. The third-order valence-electron chi connectivity index (χ3n) is 2.61. The highest BCUT2D eigenvalue weighted by Crippen LogP contribution is 2.24. The Labute approximate surface area is 101 Å². The second-order valence-corrected chi connectivity index (χ2v) is 5.26. The maximum absolute atomic E-state index is 3.51. The lowest BCUT2D eigenvalue weighted by atomic mass is 10.2. The highest BCUT2D eigenvalue weighted by Gasteiger charge is 2.03. The fourth-order valence-corrected chi connectivity index (χ4v) is 2.79. The molecular formula is C13H18N2S. The van der Waals surface area contributed by atoms with Crippen LogP contribution in [0.3, 0.4) is 0 Å². The summed E-state index contributed by atoms with van der Waals surface area (Å²) in [5, 5.41) is 8.03. The van der Waals surface area contributed by atoms with Gasteiger partial charge < -0.3 is 10.6 Å². The zero-order valence-corrected chi connectivity index (χ0v) is 10.6. The molecule has 0 amide bonds. The number of likely N-dealkylation sites (N-methyl/N-ethyl adjacent to an activating group) is 1. The molecule has 0 aliphatic rings. The van der Waals surface area contributed by atoms with E-state index < -0.39 is 0 Å². The molecule has 2 aromatic rings. The first-order valence-corrected chi connectivity index (χ1v) is 6.46. The Morgan fingerprint density at radius 3 is 2.88 bits per heavy atom. The molecule has 0 saturated carbocycles. The Kier molecular flexibility index (Phi) is 3.93. The summed E-state index contributed by atoms with van der Waals surface area (Å²) in [6.07, 6.45) is 0. The van der Waals surface area contributed by atoms with E-state index in [9.17, 15) is 0 Å². The minimum Gasteiger partial charge on any atom is -0.318 e. The molecule has 16 heavy (non-hydrogen) atoms. The van der Waals surface area contributed by atoms with Crippen molar-refractivity contribution in [3.8, 4) is 0 Å². The van der Waals surface area contributed by atoms with E-state index in [1.165, 1.54) is 15.0 Å². The largest absolute Gasteiger partial charge is 0.318 e. The van der Waals surface area contributed by atoms with Crippen LogP contribution in [0.15, 0.2) is 30.3 Å². The van der Waals surface area contributed by atoms with Crippen molar-refractivity contribution in [2.75, 3.05) is 13.6 Å². The van der Waals surface area contributed by atoms with Crippen LogP contribution in [0, 0.1) is 0 Å². The predicted molar refractivity (Wildman–Crippen MR) is 72.1 cm³/mol. The van der Waals surface area contributed by atoms with Crippen LogP contribution in [0.25, 0.3) is 10.1 Å². The molecule has 1 heterocycles. The first kappa shape index (κ1) is 11.6. The molecule has 0 aliphatic carbocycles. The molecule has 0 bridgehead atoms. The molecule has 0 fully saturated rings. The third kappa shape index (κ3) is 2.82. The summed E-state index contributed by atoms with van der Waals surface area (Å²) in [7, 11) is 1.98. The van der Waals surface area contributed by atoms with Crippen LogP contribution in [0.2, 0.25) is 0 Å². The van der Waals surface area contributed by atoms with Gasteiger partial charge in [-0.05, 0) is 31.5 Å². The van der Waals surface area contributed by atoms with Gasteiger partial charge in [-0.2, -0.15) is 0 Å². The van der Waals surface area contributed by atoms with Crippen molar-refractivity contribution in [2.45, 2.75) is 19.5 Å². The number of nitrogens with one attached hydrogen (secondary N) is 2. The molecule has 2 N–H and O–H groups in total. The van der Waals surface area contributed by atoms with Gasteiger partial charge in [-0.25, -0.2) is 0 Å². The van der Waals surface area contributed by atoms with Gasteiger partial charge in [0, 0.05) is 28.7 Å². The predicted octanol–water partition coefficient (Wildman–Crippen LogP) is 2.60. The Morgan fingerprint density at radius 2 is 2.12 bits per heavy atom. The van der Waals surface area contributed by atoms with E-state index in [2.05, 4.69) is 47.9 Å². The van der Waals surface area contributed by atoms with Crippen molar-refractivity contribution >= 4 is 21.4 Å². The van der Waals surface area contributed by atoms with Crippen molar-refractivity contribution in [2.24, 2.45) is 0 Å². The highest BCUT2D eigenvalue weighted by molar-refractivity contribution is 7.19. The van der Waals surface area contributed by atoms with E-state index in [1.807, 2.05) is 18.4 Å². The first-order valence-electron chi connectivity index (χ1n) is 5.65. The number of fused-ring (bicyclic) bond motifs is 1. The van der Waals surface area contributed by atoms with E-state index >= 15 is 0 Å². The van der Waals surface area contributed by atoms with Gasteiger partial charge >= 0.3 is 0 Å². The summed E-state index contributed by atoms with van der Waals surface area (Å²) >= 11 is 1.87. The number of rotatable bonds is 5. The number of benzene rings is 1. The molecule has 1 aromatic carbocycles. The molecule has 0 spiro atoms. The van der Waals surface area contributed by atoms with Gasteiger partial charge in [0.1, 0.15) is 0 Å². The molecule has 3 heteroatoms. The van der Waals surface area contributed by atoms with Crippen molar-refractivity contribution in [3.63, 3.8) is 0 Å². The quantitative estimate of drug-likeness (QED) is 0.831. The fraction of sp³-hybridized carbons (Fsp3) is 0.385. The fourth-order valence-electron chi connectivity index (χ4n) is 1.78. The molecule has 0 saturated heterocycles. The van der Waals surface area contributed by atoms with Gasteiger partial charge in [-0.1, -0.05) is 18.2 Å². The van der Waals surface area contributed by atoms with E-state index in [0.717, 1.165) is 13.1 Å². The van der Waals surface area contributed by atoms with Crippen LogP contribution in [-0.2, 0) is 6.54 Å². The van der Waals surface area contributed by atoms with Gasteiger partial charge in [0.25, 0.3) is 0 Å². The number of thiophene rings is 1. The van der Waals surface area contributed by atoms with E-state index in [4.69, 9.17) is 0 Å². The van der Waals surface area contributed by atoms with Gasteiger partial charge in [-0.15, -0.1) is 11.3 Å². The Balaban J connectivity index is 1.99. The van der Waals surface area contributed by atoms with Gasteiger partial charge in [0.15, 0.2) is 0 Å². The topological polar surface area (TPSA) is 24.1 Å². The molecule has 2 rings (SSSR count). The average Bonchev–Trinajstić information content (AvgIpc) is 2.69. The lowest BCUT2D eigenvalue weighted by molar-refractivity contribution is 0.526. The summed E-state index contributed by atoms with van der Waals surface area (Å²) in [4.78, 5) is 1.41. The van der Waals surface area contributed by atoms with Crippen LogP contribution in [0.5, 0.6) is 0 Å². The summed E-state index contributed by atoms with van der Waals surface area (Å²) in [5.41, 5.74) is 0. The minimum absolute atomic E-state index is 0.509. The van der Waals surface area contributed by atoms with Crippen molar-refractivity contribution < 1.29 is 0 Å². The normalized spacial score (nSPS) is 13.1. The Morgan fingerprint density at radius 1 is 1.31 bits per heavy atom. The number of hydrogen-bond acceptors (Lipinski definition) is 3. The van der Waals surface area contributed by atoms with E-state index in [-0.39, 0.29) is 0 Å². The van der Waals surface area contributed by atoms with Crippen LogP contribution in [0.1, 0.15) is 11.8 Å². The summed E-state index contributed by atoms with van der Waals surface area (Å²) < 4.78 is 1.38. The second kappa shape index (κ2) is 5.43. The smallest absolute Gasteiger partial charge is 0.0346 e. The molecule has 1 atom stereocenters. The average molecular weight is 234 g/mol. The van der Waals surface area contributed by atoms with Crippen LogP contribution in [-0.4, -0.2) is 19.6 Å². The molecule has 86 valence electrons. The third-order valence-corrected chi connectivity index (χ3v) is 3.73. The summed E-state index contributed by atoms with van der Waals surface area (Å²) in [5.74, 6) is 0. The van der Waals surface area contributed by atoms with Gasteiger partial charge in [0.2, 0.25) is 0 Å². The van der Waals surface area contributed by atoms with Gasteiger partial charge in [-0.3, -0.25) is 0 Å².